The number of nitrogens with zero attached hydrogens (tertiary/aromatic N) is 1. The highest BCUT2D eigenvalue weighted by atomic mass is 16.4. The highest BCUT2D eigenvalue weighted by Crippen LogP contribution is 2.16. The molecule has 0 aliphatic carbocycles. The van der Waals surface area contributed by atoms with Crippen LogP contribution in [-0.2, 0) is 9.59 Å². The summed E-state index contributed by atoms with van der Waals surface area (Å²) in [5.41, 5.74) is 4.93. The molecule has 3 amide bonds. The van der Waals surface area contributed by atoms with Crippen molar-refractivity contribution in [2.24, 2.45) is 11.7 Å². The van der Waals surface area contributed by atoms with Gasteiger partial charge in [0.2, 0.25) is 5.91 Å². The van der Waals surface area contributed by atoms with E-state index in [9.17, 15) is 14.4 Å². The zero-order valence-corrected chi connectivity index (χ0v) is 10.5. The summed E-state index contributed by atoms with van der Waals surface area (Å²) in [4.78, 5) is 34.9. The van der Waals surface area contributed by atoms with E-state index in [1.165, 1.54) is 4.90 Å². The number of carboxylic acid groups (broad SMARTS) is 1. The quantitative estimate of drug-likeness (QED) is 0.495. The lowest BCUT2D eigenvalue weighted by Gasteiger charge is -2.31. The Kier molecular flexibility index (Phi) is 5.56. The molecule has 0 saturated carbocycles. The van der Waals surface area contributed by atoms with Crippen LogP contribution in [0.15, 0.2) is 0 Å². The molecule has 0 bridgehead atoms. The first-order valence-electron chi connectivity index (χ1n) is 6.11. The van der Waals surface area contributed by atoms with E-state index in [0.29, 0.717) is 25.9 Å². The molecule has 0 aromatic rings. The van der Waals surface area contributed by atoms with Crippen molar-refractivity contribution in [3.05, 3.63) is 0 Å². The lowest BCUT2D eigenvalue weighted by molar-refractivity contribution is -0.141. The van der Waals surface area contributed by atoms with Gasteiger partial charge in [-0.05, 0) is 18.8 Å². The number of hydrogen-bond acceptors (Lipinski definition) is 4. The molecule has 0 spiro atoms. The number of carbonyl (C=O) groups excluding carboxylic acids is 2. The molecule has 108 valence electrons. The van der Waals surface area contributed by atoms with Crippen LogP contribution in [0.4, 0.5) is 4.79 Å². The summed E-state index contributed by atoms with van der Waals surface area (Å²) in [5.74, 6) is -1.89. The molecule has 1 heterocycles. The van der Waals surface area contributed by atoms with E-state index < -0.39 is 30.4 Å². The number of carboxylic acids is 1. The van der Waals surface area contributed by atoms with Crippen LogP contribution >= 0.6 is 0 Å². The Morgan fingerprint density at radius 3 is 2.32 bits per heavy atom. The van der Waals surface area contributed by atoms with Gasteiger partial charge in [-0.15, -0.1) is 0 Å². The molecule has 0 aromatic carbocycles. The van der Waals surface area contributed by atoms with Crippen LogP contribution < -0.4 is 11.1 Å². The molecule has 5 N–H and O–H groups in total. The lowest BCUT2D eigenvalue weighted by atomic mass is 9.98. The molecule has 0 unspecified atom stereocenters. The Morgan fingerprint density at radius 1 is 1.32 bits per heavy atom. The second-order valence-corrected chi connectivity index (χ2v) is 4.62. The summed E-state index contributed by atoms with van der Waals surface area (Å²) in [6.45, 7) is 1.01. The second-order valence-electron chi connectivity index (χ2n) is 4.62. The van der Waals surface area contributed by atoms with Crippen molar-refractivity contribution >= 4 is 17.9 Å². The van der Waals surface area contributed by atoms with Gasteiger partial charge in [0, 0.05) is 19.7 Å². The lowest BCUT2D eigenvalue weighted by Crippen LogP contribution is -2.51. The number of aliphatic carboxylic acids is 1. The minimum atomic E-state index is -1.31. The number of nitrogens with two attached hydrogens (primary N) is 1. The van der Waals surface area contributed by atoms with Gasteiger partial charge in [0.15, 0.2) is 0 Å². The monoisotopic (exact) mass is 273 g/mol. The summed E-state index contributed by atoms with van der Waals surface area (Å²) in [5, 5.41) is 20.1. The van der Waals surface area contributed by atoms with Gasteiger partial charge in [-0.1, -0.05) is 0 Å². The number of hydrogen-bond donors (Lipinski definition) is 4. The Morgan fingerprint density at radius 2 is 1.89 bits per heavy atom. The molecule has 8 nitrogen and oxygen atoms in total. The number of aliphatic hydroxyl groups is 1. The van der Waals surface area contributed by atoms with Gasteiger partial charge in [0.05, 0.1) is 6.42 Å². The molecule has 19 heavy (non-hydrogen) atoms. The average Bonchev–Trinajstić information content (AvgIpc) is 2.37. The first-order valence-corrected chi connectivity index (χ1v) is 6.11. The number of urea groups is 1. The maximum absolute atomic E-state index is 11.8. The van der Waals surface area contributed by atoms with Crippen LogP contribution in [0.2, 0.25) is 0 Å². The molecule has 1 fully saturated rings. The Balaban J connectivity index is 2.48. The molecular weight excluding hydrogens is 254 g/mol. The average molecular weight is 273 g/mol. The van der Waals surface area contributed by atoms with Gasteiger partial charge in [-0.2, -0.15) is 0 Å². The van der Waals surface area contributed by atoms with Crippen molar-refractivity contribution in [3.8, 4) is 0 Å². The molecule has 1 atom stereocenters. The minimum Gasteiger partial charge on any atom is -0.480 e. The first kappa shape index (κ1) is 15.2. The second kappa shape index (κ2) is 6.93. The zero-order chi connectivity index (χ0) is 14.4. The molecular formula is C11H19N3O5. The van der Waals surface area contributed by atoms with Crippen molar-refractivity contribution in [2.75, 3.05) is 19.7 Å². The van der Waals surface area contributed by atoms with Gasteiger partial charge in [0.25, 0.3) is 0 Å². The predicted molar refractivity (Wildman–Crippen MR) is 65.1 cm³/mol. The van der Waals surface area contributed by atoms with Crippen LogP contribution in [0.1, 0.15) is 19.3 Å². The number of amides is 3. The molecule has 1 aliphatic heterocycles. The fourth-order valence-electron chi connectivity index (χ4n) is 1.96. The van der Waals surface area contributed by atoms with Crippen LogP contribution in [0.25, 0.3) is 0 Å². The van der Waals surface area contributed by atoms with Crippen molar-refractivity contribution in [3.63, 3.8) is 0 Å². The predicted octanol–water partition coefficient (Wildman–Crippen LogP) is -1.27. The molecule has 0 aromatic heterocycles. The van der Waals surface area contributed by atoms with Gasteiger partial charge in [0.1, 0.15) is 6.04 Å². The number of primary amides is 1. The summed E-state index contributed by atoms with van der Waals surface area (Å²) in [6.07, 6.45) is 0.920. The van der Waals surface area contributed by atoms with E-state index in [-0.39, 0.29) is 12.5 Å². The fourth-order valence-corrected chi connectivity index (χ4v) is 1.96. The van der Waals surface area contributed by atoms with Crippen molar-refractivity contribution in [1.82, 2.24) is 10.2 Å². The summed E-state index contributed by atoms with van der Waals surface area (Å²) in [7, 11) is 0. The first-order chi connectivity index (χ1) is 8.93. The number of piperidine rings is 1. The molecule has 1 saturated heterocycles. The Hall–Kier alpha value is -1.83. The third-order valence-corrected chi connectivity index (χ3v) is 3.16. The van der Waals surface area contributed by atoms with E-state index >= 15 is 0 Å². The van der Waals surface area contributed by atoms with Crippen LogP contribution in [0.3, 0.4) is 0 Å². The molecule has 1 aliphatic rings. The topological polar surface area (TPSA) is 133 Å². The number of aliphatic hydroxyl groups excluding tert-OH is 1. The number of carbonyl (C=O) groups is 3. The normalized spacial score (nSPS) is 17.8. The fraction of sp³-hybridized carbons (Fsp3) is 0.727. The van der Waals surface area contributed by atoms with E-state index in [1.807, 2.05) is 0 Å². The van der Waals surface area contributed by atoms with E-state index in [0.717, 1.165) is 0 Å². The van der Waals surface area contributed by atoms with Gasteiger partial charge in [-0.3, -0.25) is 4.79 Å². The van der Waals surface area contributed by atoms with Crippen LogP contribution in [0.5, 0.6) is 0 Å². The highest BCUT2D eigenvalue weighted by Gasteiger charge is 2.27. The standard InChI is InChI=1S/C11H19N3O5/c12-9(16)5-8(10(17)18)13-11(19)14-3-1-7(6-15)2-4-14/h7-8,15H,1-6H2,(H2,12,16)(H,13,19)(H,17,18)/t8-/m0/s1. The van der Waals surface area contributed by atoms with Gasteiger partial charge < -0.3 is 26.2 Å². The number of rotatable bonds is 5. The molecule has 1 rings (SSSR count). The Bertz CT molecular complexity index is 352. The van der Waals surface area contributed by atoms with E-state index in [1.54, 1.807) is 0 Å². The van der Waals surface area contributed by atoms with Crippen LogP contribution in [0, 0.1) is 5.92 Å². The third kappa shape index (κ3) is 4.74. The zero-order valence-electron chi connectivity index (χ0n) is 10.5. The van der Waals surface area contributed by atoms with Crippen molar-refractivity contribution < 1.29 is 24.6 Å². The maximum Gasteiger partial charge on any atom is 0.326 e. The van der Waals surface area contributed by atoms with Crippen LogP contribution in [-0.4, -0.2) is 58.8 Å². The smallest absolute Gasteiger partial charge is 0.326 e. The minimum absolute atomic E-state index is 0.0921. The van der Waals surface area contributed by atoms with Crippen molar-refractivity contribution in [1.29, 1.82) is 0 Å². The summed E-state index contributed by atoms with van der Waals surface area (Å²) in [6, 6.07) is -1.83. The molecule has 8 heteroatoms. The van der Waals surface area contributed by atoms with Gasteiger partial charge >= 0.3 is 12.0 Å². The van der Waals surface area contributed by atoms with E-state index in [4.69, 9.17) is 15.9 Å². The maximum atomic E-state index is 11.8. The number of likely N-dealkylation sites (tertiary alicyclic amines) is 1. The van der Waals surface area contributed by atoms with Crippen molar-refractivity contribution in [2.45, 2.75) is 25.3 Å². The molecule has 0 radical (unpaired) electrons. The SMILES string of the molecule is NC(=O)C[C@H](NC(=O)N1CCC(CO)CC1)C(=O)O. The number of nitrogens with one attached hydrogen (secondary N) is 1. The summed E-state index contributed by atoms with van der Waals surface area (Å²) < 4.78 is 0. The third-order valence-electron chi connectivity index (χ3n) is 3.16. The highest BCUT2D eigenvalue weighted by molar-refractivity contribution is 5.87. The van der Waals surface area contributed by atoms with E-state index in [2.05, 4.69) is 5.32 Å². The van der Waals surface area contributed by atoms with Gasteiger partial charge in [-0.25, -0.2) is 9.59 Å². The largest absolute Gasteiger partial charge is 0.480 e. The summed E-state index contributed by atoms with van der Waals surface area (Å²) >= 11 is 0. The Labute approximate surface area is 110 Å².